The summed E-state index contributed by atoms with van der Waals surface area (Å²) in [5.41, 5.74) is -2.92. The highest BCUT2D eigenvalue weighted by atomic mass is 31.0. The molecule has 1 heterocycles. The van der Waals surface area contributed by atoms with E-state index in [4.69, 9.17) is 14.2 Å². The maximum Gasteiger partial charge on any atom is 0.202 e. The fourth-order valence-electron chi connectivity index (χ4n) is 6.06. The van der Waals surface area contributed by atoms with Crippen LogP contribution in [0.15, 0.2) is 18.2 Å². The zero-order chi connectivity index (χ0) is 29.1. The predicted octanol–water partition coefficient (Wildman–Crippen LogP) is 1.84. The Labute approximate surface area is 232 Å². The van der Waals surface area contributed by atoms with Crippen LogP contribution in [-0.2, 0) is 20.7 Å². The van der Waals surface area contributed by atoms with Gasteiger partial charge in [0.05, 0.1) is 42.1 Å². The van der Waals surface area contributed by atoms with Crippen molar-refractivity contribution >= 4 is 26.7 Å². The Kier molecular flexibility index (Phi) is 7.50. The molecule has 0 radical (unpaired) electrons. The topological polar surface area (TPSA) is 172 Å². The zero-order valence-corrected chi connectivity index (χ0v) is 23.4. The summed E-state index contributed by atoms with van der Waals surface area (Å²) < 4.78 is 17.3. The number of hydrogen-bond acceptors (Lipinski definition) is 11. The molecule has 0 amide bonds. The number of aromatic hydroxyl groups is 2. The molecule has 2 aromatic rings. The first-order chi connectivity index (χ1) is 19.0. The van der Waals surface area contributed by atoms with E-state index in [-0.39, 0.29) is 47.3 Å². The van der Waals surface area contributed by atoms with Gasteiger partial charge in [-0.1, -0.05) is 28.4 Å². The summed E-state index contributed by atoms with van der Waals surface area (Å²) >= 11 is 0. The Morgan fingerprint density at radius 1 is 1.18 bits per heavy atom. The van der Waals surface area contributed by atoms with Crippen molar-refractivity contribution in [3.05, 3.63) is 51.6 Å². The van der Waals surface area contributed by atoms with Gasteiger partial charge in [-0.3, -0.25) is 19.5 Å². The summed E-state index contributed by atoms with van der Waals surface area (Å²) in [6, 6.07) is 4.04. The van der Waals surface area contributed by atoms with Crippen molar-refractivity contribution in [2.24, 2.45) is 0 Å². The Morgan fingerprint density at radius 3 is 2.52 bits per heavy atom. The number of ketones is 3. The number of ether oxygens (including phenoxy) is 3. The van der Waals surface area contributed by atoms with E-state index in [0.717, 1.165) is 0 Å². The predicted molar refractivity (Wildman–Crippen MR) is 144 cm³/mol. The molecule has 5 rings (SSSR count). The minimum Gasteiger partial charge on any atom is -0.507 e. The van der Waals surface area contributed by atoms with Crippen LogP contribution in [0.3, 0.4) is 0 Å². The molecule has 11 nitrogen and oxygen atoms in total. The lowest BCUT2D eigenvalue weighted by Gasteiger charge is -2.42. The van der Waals surface area contributed by atoms with Crippen molar-refractivity contribution in [2.45, 2.75) is 75.8 Å². The molecule has 1 fully saturated rings. The molecule has 0 aromatic heterocycles. The SMILES string of the molecule is CCC(=O)[C@]1(O)Cc2c(O)c3c(c(O)c2[C@@H](O[C@H]2C[C@H](NP)[C@H](O)[C@H](C)O2)C1)C(=O)c1c(OC)cccc1C3=O. The molecule has 5 N–H and O–H groups in total. The lowest BCUT2D eigenvalue weighted by molar-refractivity contribution is -0.248. The first-order valence-electron chi connectivity index (χ1n) is 13.0. The number of rotatable bonds is 6. The van der Waals surface area contributed by atoms with Gasteiger partial charge in [0.2, 0.25) is 5.78 Å². The fourth-order valence-corrected chi connectivity index (χ4v) is 6.40. The Balaban J connectivity index is 1.68. The first kappa shape index (κ1) is 28.6. The molecule has 0 bridgehead atoms. The van der Waals surface area contributed by atoms with E-state index < -0.39 is 82.6 Å². The van der Waals surface area contributed by atoms with Gasteiger partial charge < -0.3 is 34.6 Å². The van der Waals surface area contributed by atoms with Crippen molar-refractivity contribution in [3.8, 4) is 17.2 Å². The number of aliphatic hydroxyl groups excluding tert-OH is 1. The lowest BCUT2D eigenvalue weighted by Crippen LogP contribution is -2.52. The number of phenols is 2. The van der Waals surface area contributed by atoms with Crippen LogP contribution in [0.25, 0.3) is 0 Å². The molecular formula is C28H32NO10P. The van der Waals surface area contributed by atoms with Gasteiger partial charge in [0.1, 0.15) is 22.8 Å². The van der Waals surface area contributed by atoms with E-state index in [0.29, 0.717) is 0 Å². The standard InChI is InChI=1S/C28H32NO10P/c1-4-17(30)28(36)9-13-20(16(10-28)39-18-8-14(29-40)23(31)11(2)38-18)27(35)22-21(25(13)33)24(32)12-6-5-7-15(37-3)19(12)26(22)34/h5-7,11,14,16,18,23,29,31,33,35-36H,4,8-10,40H2,1-3H3/t11-,14-,16-,18-,23+,28-/m0/s1. The van der Waals surface area contributed by atoms with Crippen LogP contribution in [0.2, 0.25) is 0 Å². The van der Waals surface area contributed by atoms with Crippen LogP contribution in [0.1, 0.15) is 82.2 Å². The van der Waals surface area contributed by atoms with Gasteiger partial charge in [-0.15, -0.1) is 0 Å². The summed E-state index contributed by atoms with van der Waals surface area (Å²) in [5, 5.41) is 47.8. The zero-order valence-electron chi connectivity index (χ0n) is 22.3. The highest BCUT2D eigenvalue weighted by Gasteiger charge is 2.50. The Hall–Kier alpha value is -2.92. The van der Waals surface area contributed by atoms with Crippen molar-refractivity contribution in [1.82, 2.24) is 5.09 Å². The number of carbonyl (C=O) groups is 3. The number of carbonyl (C=O) groups excluding carboxylic acids is 3. The first-order valence-corrected chi connectivity index (χ1v) is 13.6. The summed E-state index contributed by atoms with van der Waals surface area (Å²) in [6.07, 6.45) is -4.14. The number of nitrogens with one attached hydrogen (secondary N) is 1. The van der Waals surface area contributed by atoms with Crippen molar-refractivity contribution < 1.29 is 49.0 Å². The maximum absolute atomic E-state index is 13.7. The van der Waals surface area contributed by atoms with Crippen LogP contribution in [0.4, 0.5) is 0 Å². The highest BCUT2D eigenvalue weighted by molar-refractivity contribution is 7.13. The van der Waals surface area contributed by atoms with Gasteiger partial charge in [0.25, 0.3) is 0 Å². The van der Waals surface area contributed by atoms with Crippen molar-refractivity contribution in [2.75, 3.05) is 7.11 Å². The van der Waals surface area contributed by atoms with Crippen LogP contribution in [0.5, 0.6) is 17.2 Å². The van der Waals surface area contributed by atoms with E-state index in [2.05, 4.69) is 14.5 Å². The average molecular weight is 574 g/mol. The normalized spacial score (nSPS) is 29.4. The van der Waals surface area contributed by atoms with E-state index in [1.165, 1.54) is 25.3 Å². The molecule has 1 aliphatic heterocycles. The Bertz CT molecular complexity index is 1410. The van der Waals surface area contributed by atoms with Gasteiger partial charge in [0.15, 0.2) is 17.9 Å². The van der Waals surface area contributed by atoms with E-state index >= 15 is 0 Å². The van der Waals surface area contributed by atoms with E-state index in [1.54, 1.807) is 13.8 Å². The molecule has 0 saturated carbocycles. The number of benzene rings is 2. The third-order valence-corrected chi connectivity index (χ3v) is 8.58. The van der Waals surface area contributed by atoms with E-state index in [1.807, 2.05) is 0 Å². The van der Waals surface area contributed by atoms with E-state index in [9.17, 15) is 34.8 Å². The average Bonchev–Trinajstić information content (AvgIpc) is 2.94. The summed E-state index contributed by atoms with van der Waals surface area (Å²) in [4.78, 5) is 40.2. The largest absolute Gasteiger partial charge is 0.507 e. The number of aliphatic hydroxyl groups is 2. The molecule has 1 saturated heterocycles. The number of hydrogen-bond donors (Lipinski definition) is 5. The number of phenolic OH excluding ortho intramolecular Hbond substituents is 2. The Morgan fingerprint density at radius 2 is 1.88 bits per heavy atom. The number of fused-ring (bicyclic) bond motifs is 3. The van der Waals surface area contributed by atoms with Gasteiger partial charge in [-0.2, -0.15) is 0 Å². The summed E-state index contributed by atoms with van der Waals surface area (Å²) in [7, 11) is 3.68. The summed E-state index contributed by atoms with van der Waals surface area (Å²) in [6.45, 7) is 3.25. The lowest BCUT2D eigenvalue weighted by atomic mass is 9.71. The molecule has 3 aliphatic rings. The molecule has 2 aliphatic carbocycles. The van der Waals surface area contributed by atoms with Crippen LogP contribution in [0, 0.1) is 0 Å². The minimum absolute atomic E-state index is 0.00543. The van der Waals surface area contributed by atoms with Gasteiger partial charge >= 0.3 is 0 Å². The molecule has 0 spiro atoms. The highest BCUT2D eigenvalue weighted by Crippen LogP contribution is 2.52. The quantitative estimate of drug-likeness (QED) is 0.215. The van der Waals surface area contributed by atoms with Crippen LogP contribution in [-0.4, -0.2) is 75.0 Å². The number of methoxy groups -OCH3 is 1. The second kappa shape index (κ2) is 10.5. The smallest absolute Gasteiger partial charge is 0.202 e. The minimum atomic E-state index is -1.98. The second-order valence-electron chi connectivity index (χ2n) is 10.5. The van der Waals surface area contributed by atoms with Crippen LogP contribution < -0.4 is 9.82 Å². The maximum atomic E-state index is 13.7. The third-order valence-electron chi connectivity index (χ3n) is 8.15. The van der Waals surface area contributed by atoms with Crippen molar-refractivity contribution in [3.63, 3.8) is 0 Å². The van der Waals surface area contributed by atoms with Gasteiger partial charge in [-0.25, -0.2) is 0 Å². The number of Topliss-reactive ketones (excluding diaryl/α,β-unsaturated/α-hetero) is 1. The van der Waals surface area contributed by atoms with Gasteiger partial charge in [0, 0.05) is 48.4 Å². The van der Waals surface area contributed by atoms with Crippen LogP contribution >= 0.6 is 9.39 Å². The molecular weight excluding hydrogens is 541 g/mol. The molecule has 12 heteroatoms. The summed E-state index contributed by atoms with van der Waals surface area (Å²) in [5.74, 6) is -3.01. The molecule has 7 atom stereocenters. The monoisotopic (exact) mass is 573 g/mol. The second-order valence-corrected chi connectivity index (χ2v) is 10.8. The molecule has 214 valence electrons. The third kappa shape index (κ3) is 4.32. The fraction of sp³-hybridized carbons (Fsp3) is 0.464. The molecule has 1 unspecified atom stereocenters. The van der Waals surface area contributed by atoms with Crippen molar-refractivity contribution in [1.29, 1.82) is 0 Å². The molecule has 2 aromatic carbocycles. The van der Waals surface area contributed by atoms with Gasteiger partial charge in [-0.05, 0) is 13.0 Å². The molecule has 40 heavy (non-hydrogen) atoms.